The highest BCUT2D eigenvalue weighted by Crippen LogP contribution is 2.28. The van der Waals surface area contributed by atoms with Crippen LogP contribution in [0.15, 0.2) is 60.7 Å². The molecule has 0 aromatic heterocycles. The zero-order valence-electron chi connectivity index (χ0n) is 13.5. The lowest BCUT2D eigenvalue weighted by atomic mass is 9.88. The first-order chi connectivity index (χ1) is 10.7. The first kappa shape index (κ1) is 16.3. The number of carbonyl (C=O) groups excluding carboxylic acids is 1. The van der Waals surface area contributed by atoms with Gasteiger partial charge in [-0.2, -0.15) is 0 Å². The molecule has 22 heavy (non-hydrogen) atoms. The van der Waals surface area contributed by atoms with Crippen LogP contribution in [0.2, 0.25) is 0 Å². The van der Waals surface area contributed by atoms with Gasteiger partial charge in [0.2, 0.25) is 5.91 Å². The predicted octanol–water partition coefficient (Wildman–Crippen LogP) is 4.47. The van der Waals surface area contributed by atoms with E-state index in [4.69, 9.17) is 0 Å². The highest BCUT2D eigenvalue weighted by atomic mass is 16.2. The number of hydrogen-bond acceptors (Lipinski definition) is 1. The van der Waals surface area contributed by atoms with Crippen LogP contribution in [0.25, 0.3) is 0 Å². The Morgan fingerprint density at radius 2 is 1.45 bits per heavy atom. The van der Waals surface area contributed by atoms with Crippen molar-refractivity contribution in [2.45, 2.75) is 32.1 Å². The van der Waals surface area contributed by atoms with Crippen molar-refractivity contribution in [2.75, 3.05) is 13.6 Å². The van der Waals surface area contributed by atoms with E-state index >= 15 is 0 Å². The molecule has 0 fully saturated rings. The third-order valence-electron chi connectivity index (χ3n) is 4.06. The van der Waals surface area contributed by atoms with Crippen LogP contribution in [-0.2, 0) is 4.79 Å². The fourth-order valence-corrected chi connectivity index (χ4v) is 2.65. The molecule has 1 amide bonds. The van der Waals surface area contributed by atoms with Gasteiger partial charge in [0, 0.05) is 25.9 Å². The number of hydrogen-bond donors (Lipinski definition) is 0. The minimum absolute atomic E-state index is 0.124. The quantitative estimate of drug-likeness (QED) is 0.738. The number of rotatable bonds is 7. The van der Waals surface area contributed by atoms with Crippen molar-refractivity contribution in [1.82, 2.24) is 4.90 Å². The number of amides is 1. The number of unbranched alkanes of at least 4 members (excludes halogenated alkanes) is 1. The van der Waals surface area contributed by atoms with Crippen LogP contribution >= 0.6 is 0 Å². The second kappa shape index (κ2) is 8.38. The van der Waals surface area contributed by atoms with Gasteiger partial charge >= 0.3 is 0 Å². The molecule has 0 N–H and O–H groups in total. The SMILES string of the molecule is CCCCN(C)C(=O)CC(c1ccccc1)c1ccccc1. The second-order valence-electron chi connectivity index (χ2n) is 5.75. The average molecular weight is 295 g/mol. The third kappa shape index (κ3) is 4.45. The summed E-state index contributed by atoms with van der Waals surface area (Å²) in [5, 5.41) is 0. The largest absolute Gasteiger partial charge is 0.346 e. The van der Waals surface area contributed by atoms with Crippen molar-refractivity contribution in [3.8, 4) is 0 Å². The molecule has 0 unspecified atom stereocenters. The highest BCUT2D eigenvalue weighted by Gasteiger charge is 2.19. The first-order valence-corrected chi connectivity index (χ1v) is 8.06. The molecular formula is C20H25NO. The Bertz CT molecular complexity index is 525. The lowest BCUT2D eigenvalue weighted by Crippen LogP contribution is -2.29. The molecule has 116 valence electrons. The fourth-order valence-electron chi connectivity index (χ4n) is 2.65. The average Bonchev–Trinajstić information content (AvgIpc) is 2.58. The van der Waals surface area contributed by atoms with Crippen molar-refractivity contribution in [1.29, 1.82) is 0 Å². The van der Waals surface area contributed by atoms with Crippen molar-refractivity contribution in [3.05, 3.63) is 71.8 Å². The molecule has 2 nitrogen and oxygen atoms in total. The van der Waals surface area contributed by atoms with Gasteiger partial charge in [0.15, 0.2) is 0 Å². The van der Waals surface area contributed by atoms with Gasteiger partial charge in [0.1, 0.15) is 0 Å². The van der Waals surface area contributed by atoms with Crippen LogP contribution in [0.4, 0.5) is 0 Å². The summed E-state index contributed by atoms with van der Waals surface area (Å²) in [7, 11) is 1.91. The molecule has 2 heteroatoms. The van der Waals surface area contributed by atoms with Crippen LogP contribution < -0.4 is 0 Å². The van der Waals surface area contributed by atoms with Crippen LogP contribution in [0, 0.1) is 0 Å². The third-order valence-corrected chi connectivity index (χ3v) is 4.06. The van der Waals surface area contributed by atoms with E-state index in [-0.39, 0.29) is 11.8 Å². The summed E-state index contributed by atoms with van der Waals surface area (Å²) in [5.74, 6) is 0.338. The Hall–Kier alpha value is -2.09. The zero-order valence-corrected chi connectivity index (χ0v) is 13.5. The van der Waals surface area contributed by atoms with Crippen LogP contribution in [-0.4, -0.2) is 24.4 Å². The maximum atomic E-state index is 12.5. The molecule has 0 spiro atoms. The van der Waals surface area contributed by atoms with E-state index in [1.165, 1.54) is 11.1 Å². The number of benzene rings is 2. The Morgan fingerprint density at radius 1 is 0.955 bits per heavy atom. The molecule has 0 saturated heterocycles. The summed E-state index contributed by atoms with van der Waals surface area (Å²) < 4.78 is 0. The molecule has 0 aliphatic rings. The minimum Gasteiger partial charge on any atom is -0.346 e. The van der Waals surface area contributed by atoms with E-state index in [9.17, 15) is 4.79 Å². The molecule has 2 aromatic rings. The first-order valence-electron chi connectivity index (χ1n) is 8.06. The Balaban J connectivity index is 2.17. The highest BCUT2D eigenvalue weighted by molar-refractivity contribution is 5.77. The minimum atomic E-state index is 0.124. The summed E-state index contributed by atoms with van der Waals surface area (Å²) in [4.78, 5) is 14.4. The van der Waals surface area contributed by atoms with Crippen LogP contribution in [0.5, 0.6) is 0 Å². The summed E-state index contributed by atoms with van der Waals surface area (Å²) in [6, 6.07) is 20.6. The summed E-state index contributed by atoms with van der Waals surface area (Å²) in [6.45, 7) is 2.99. The van der Waals surface area contributed by atoms with Crippen molar-refractivity contribution in [2.24, 2.45) is 0 Å². The van der Waals surface area contributed by atoms with Crippen LogP contribution in [0.1, 0.15) is 43.2 Å². The van der Waals surface area contributed by atoms with Gasteiger partial charge < -0.3 is 4.90 Å². The number of nitrogens with zero attached hydrogens (tertiary/aromatic N) is 1. The van der Waals surface area contributed by atoms with Gasteiger partial charge in [0.25, 0.3) is 0 Å². The van der Waals surface area contributed by atoms with Gasteiger partial charge in [-0.1, -0.05) is 74.0 Å². The molecular weight excluding hydrogens is 270 g/mol. The summed E-state index contributed by atoms with van der Waals surface area (Å²) in [5.41, 5.74) is 2.40. The molecule has 0 heterocycles. The molecule has 0 saturated carbocycles. The van der Waals surface area contributed by atoms with Gasteiger partial charge in [0.05, 0.1) is 0 Å². The van der Waals surface area contributed by atoms with E-state index in [2.05, 4.69) is 31.2 Å². The van der Waals surface area contributed by atoms with Gasteiger partial charge in [-0.25, -0.2) is 0 Å². The molecule has 0 bridgehead atoms. The second-order valence-corrected chi connectivity index (χ2v) is 5.75. The maximum absolute atomic E-state index is 12.5. The standard InChI is InChI=1S/C20H25NO/c1-3-4-15-21(2)20(22)16-19(17-11-7-5-8-12-17)18-13-9-6-10-14-18/h5-14,19H,3-4,15-16H2,1-2H3. The molecule has 0 atom stereocenters. The molecule has 0 aliphatic carbocycles. The lowest BCUT2D eigenvalue weighted by molar-refractivity contribution is -0.130. The fraction of sp³-hybridized carbons (Fsp3) is 0.350. The smallest absolute Gasteiger partial charge is 0.223 e. The van der Waals surface area contributed by atoms with E-state index in [1.54, 1.807) is 0 Å². The molecule has 0 radical (unpaired) electrons. The summed E-state index contributed by atoms with van der Waals surface area (Å²) in [6.07, 6.45) is 2.69. The maximum Gasteiger partial charge on any atom is 0.223 e. The van der Waals surface area contributed by atoms with E-state index < -0.39 is 0 Å². The van der Waals surface area contributed by atoms with E-state index in [0.29, 0.717) is 6.42 Å². The van der Waals surface area contributed by atoms with E-state index in [1.807, 2.05) is 48.3 Å². The zero-order chi connectivity index (χ0) is 15.8. The Labute approximate surface area is 133 Å². The Kier molecular flexibility index (Phi) is 6.20. The van der Waals surface area contributed by atoms with E-state index in [0.717, 1.165) is 19.4 Å². The Morgan fingerprint density at radius 3 is 1.91 bits per heavy atom. The van der Waals surface area contributed by atoms with Crippen molar-refractivity contribution in [3.63, 3.8) is 0 Å². The lowest BCUT2D eigenvalue weighted by Gasteiger charge is -2.22. The predicted molar refractivity (Wildman–Crippen MR) is 91.9 cm³/mol. The van der Waals surface area contributed by atoms with Gasteiger partial charge in [-0.3, -0.25) is 4.79 Å². The summed E-state index contributed by atoms with van der Waals surface area (Å²) >= 11 is 0. The molecule has 0 aliphatic heterocycles. The van der Waals surface area contributed by atoms with Gasteiger partial charge in [-0.05, 0) is 17.5 Å². The molecule has 2 rings (SSSR count). The normalized spacial score (nSPS) is 10.7. The van der Waals surface area contributed by atoms with Gasteiger partial charge in [-0.15, -0.1) is 0 Å². The van der Waals surface area contributed by atoms with Crippen molar-refractivity contribution < 1.29 is 4.79 Å². The molecule has 2 aromatic carbocycles. The monoisotopic (exact) mass is 295 g/mol. The topological polar surface area (TPSA) is 20.3 Å². The van der Waals surface area contributed by atoms with Crippen molar-refractivity contribution >= 4 is 5.91 Å². The number of carbonyl (C=O) groups is 1. The van der Waals surface area contributed by atoms with Crippen LogP contribution in [0.3, 0.4) is 0 Å².